The Kier molecular flexibility index (Phi) is 4.62. The van der Waals surface area contributed by atoms with Crippen LogP contribution in [0.4, 0.5) is 0 Å². The molecule has 0 bridgehead atoms. The number of rotatable bonds is 6. The third kappa shape index (κ3) is 3.62. The molecular formula is C17H18O2. The second-order valence-electron chi connectivity index (χ2n) is 4.24. The predicted octanol–water partition coefficient (Wildman–Crippen LogP) is 4.00. The van der Waals surface area contributed by atoms with E-state index < -0.39 is 0 Å². The number of ether oxygens (including phenoxy) is 2. The molecule has 2 aromatic rings. The Balaban J connectivity index is 2.03. The lowest BCUT2D eigenvalue weighted by Crippen LogP contribution is -1.98. The zero-order valence-corrected chi connectivity index (χ0v) is 11.1. The minimum absolute atomic E-state index is 0.554. The molecule has 0 fully saturated rings. The van der Waals surface area contributed by atoms with Crippen molar-refractivity contribution in [3.8, 4) is 11.5 Å². The van der Waals surface area contributed by atoms with Crippen molar-refractivity contribution in [1.29, 1.82) is 0 Å². The summed E-state index contributed by atoms with van der Waals surface area (Å²) in [6, 6.07) is 15.9. The van der Waals surface area contributed by atoms with Gasteiger partial charge in [-0.15, -0.1) is 6.58 Å². The average Bonchev–Trinajstić information content (AvgIpc) is 2.47. The van der Waals surface area contributed by atoms with Gasteiger partial charge in [0.15, 0.2) is 0 Å². The molecule has 0 radical (unpaired) electrons. The van der Waals surface area contributed by atoms with E-state index in [0.717, 1.165) is 29.0 Å². The molecule has 98 valence electrons. The van der Waals surface area contributed by atoms with Gasteiger partial charge in [0, 0.05) is 0 Å². The second-order valence-corrected chi connectivity index (χ2v) is 4.24. The highest BCUT2D eigenvalue weighted by Crippen LogP contribution is 2.20. The SMILES string of the molecule is C=CCc1ccccc1OCc1ccc(OC)cc1. The Labute approximate surface area is 114 Å². The minimum Gasteiger partial charge on any atom is -0.497 e. The lowest BCUT2D eigenvalue weighted by Gasteiger charge is -2.10. The van der Waals surface area contributed by atoms with Crippen molar-refractivity contribution in [2.75, 3.05) is 7.11 Å². The zero-order valence-electron chi connectivity index (χ0n) is 11.1. The van der Waals surface area contributed by atoms with E-state index in [-0.39, 0.29) is 0 Å². The highest BCUT2D eigenvalue weighted by Gasteiger charge is 2.02. The highest BCUT2D eigenvalue weighted by molar-refractivity contribution is 5.35. The molecule has 0 heterocycles. The first-order chi connectivity index (χ1) is 9.33. The van der Waals surface area contributed by atoms with Gasteiger partial charge in [-0.3, -0.25) is 0 Å². The summed E-state index contributed by atoms with van der Waals surface area (Å²) in [6.45, 7) is 4.32. The second kappa shape index (κ2) is 6.64. The van der Waals surface area contributed by atoms with Crippen LogP contribution < -0.4 is 9.47 Å². The molecule has 2 aromatic carbocycles. The van der Waals surface area contributed by atoms with Crippen molar-refractivity contribution < 1.29 is 9.47 Å². The van der Waals surface area contributed by atoms with Crippen LogP contribution in [0.1, 0.15) is 11.1 Å². The first-order valence-corrected chi connectivity index (χ1v) is 6.28. The van der Waals surface area contributed by atoms with E-state index in [2.05, 4.69) is 12.6 Å². The monoisotopic (exact) mass is 254 g/mol. The Hall–Kier alpha value is -2.22. The number of hydrogen-bond donors (Lipinski definition) is 0. The molecule has 0 aliphatic heterocycles. The summed E-state index contributed by atoms with van der Waals surface area (Å²) >= 11 is 0. The van der Waals surface area contributed by atoms with Gasteiger partial charge in [0.05, 0.1) is 7.11 Å². The summed E-state index contributed by atoms with van der Waals surface area (Å²) in [5, 5.41) is 0. The molecule has 0 spiro atoms. The van der Waals surface area contributed by atoms with Crippen LogP contribution >= 0.6 is 0 Å². The van der Waals surface area contributed by atoms with Gasteiger partial charge >= 0.3 is 0 Å². The van der Waals surface area contributed by atoms with E-state index in [4.69, 9.17) is 9.47 Å². The molecule has 0 N–H and O–H groups in total. The quantitative estimate of drug-likeness (QED) is 0.725. The van der Waals surface area contributed by atoms with Crippen LogP contribution in [0.25, 0.3) is 0 Å². The molecule has 0 saturated heterocycles. The average molecular weight is 254 g/mol. The third-order valence-electron chi connectivity index (χ3n) is 2.89. The van der Waals surface area contributed by atoms with Gasteiger partial charge in [-0.05, 0) is 35.7 Å². The van der Waals surface area contributed by atoms with Crippen molar-refractivity contribution in [1.82, 2.24) is 0 Å². The molecule has 0 aliphatic carbocycles. The first kappa shape index (κ1) is 13.2. The van der Waals surface area contributed by atoms with E-state index in [1.807, 2.05) is 48.5 Å². The molecular weight excluding hydrogens is 236 g/mol. The number of allylic oxidation sites excluding steroid dienone is 1. The van der Waals surface area contributed by atoms with Gasteiger partial charge < -0.3 is 9.47 Å². The summed E-state index contributed by atoms with van der Waals surface area (Å²) in [5.74, 6) is 1.77. The molecule has 2 heteroatoms. The van der Waals surface area contributed by atoms with Crippen LogP contribution in [-0.2, 0) is 13.0 Å². The first-order valence-electron chi connectivity index (χ1n) is 6.28. The highest BCUT2D eigenvalue weighted by atomic mass is 16.5. The fraction of sp³-hybridized carbons (Fsp3) is 0.176. The standard InChI is InChI=1S/C17H18O2/c1-3-6-15-7-4-5-8-17(15)19-13-14-9-11-16(18-2)12-10-14/h3-5,7-12H,1,6,13H2,2H3. The maximum Gasteiger partial charge on any atom is 0.123 e. The normalized spacial score (nSPS) is 9.95. The van der Waals surface area contributed by atoms with E-state index in [1.165, 1.54) is 0 Å². The molecule has 0 saturated carbocycles. The summed E-state index contributed by atoms with van der Waals surface area (Å²) < 4.78 is 11.0. The van der Waals surface area contributed by atoms with Gasteiger partial charge in [-0.1, -0.05) is 36.4 Å². The van der Waals surface area contributed by atoms with Crippen LogP contribution in [0, 0.1) is 0 Å². The Bertz CT molecular complexity index is 529. The molecule has 0 atom stereocenters. The zero-order chi connectivity index (χ0) is 13.5. The van der Waals surface area contributed by atoms with Gasteiger partial charge in [-0.2, -0.15) is 0 Å². The topological polar surface area (TPSA) is 18.5 Å². The van der Waals surface area contributed by atoms with Crippen LogP contribution in [0.5, 0.6) is 11.5 Å². The summed E-state index contributed by atoms with van der Waals surface area (Å²) in [5.41, 5.74) is 2.28. The largest absolute Gasteiger partial charge is 0.497 e. The molecule has 2 nitrogen and oxygen atoms in total. The lowest BCUT2D eigenvalue weighted by atomic mass is 10.1. The van der Waals surface area contributed by atoms with Crippen molar-refractivity contribution >= 4 is 0 Å². The number of hydrogen-bond acceptors (Lipinski definition) is 2. The molecule has 0 unspecified atom stereocenters. The van der Waals surface area contributed by atoms with E-state index in [0.29, 0.717) is 6.61 Å². The Morgan fingerprint density at radius 1 is 1.05 bits per heavy atom. The van der Waals surface area contributed by atoms with E-state index in [9.17, 15) is 0 Å². The molecule has 0 amide bonds. The summed E-state index contributed by atoms with van der Waals surface area (Å²) in [7, 11) is 1.66. The van der Waals surface area contributed by atoms with Crippen LogP contribution in [0.15, 0.2) is 61.2 Å². The van der Waals surface area contributed by atoms with Gasteiger partial charge in [0.25, 0.3) is 0 Å². The molecule has 0 aliphatic rings. The third-order valence-corrected chi connectivity index (χ3v) is 2.89. The maximum atomic E-state index is 5.86. The van der Waals surface area contributed by atoms with Crippen molar-refractivity contribution in [3.05, 3.63) is 72.3 Å². The number of methoxy groups -OCH3 is 1. The minimum atomic E-state index is 0.554. The number of para-hydroxylation sites is 1. The van der Waals surface area contributed by atoms with Gasteiger partial charge in [0.1, 0.15) is 18.1 Å². The van der Waals surface area contributed by atoms with Gasteiger partial charge in [-0.25, -0.2) is 0 Å². The van der Waals surface area contributed by atoms with Gasteiger partial charge in [0.2, 0.25) is 0 Å². The van der Waals surface area contributed by atoms with Crippen LogP contribution in [0.2, 0.25) is 0 Å². The smallest absolute Gasteiger partial charge is 0.123 e. The van der Waals surface area contributed by atoms with Crippen molar-refractivity contribution in [2.24, 2.45) is 0 Å². The summed E-state index contributed by atoms with van der Waals surface area (Å²) in [4.78, 5) is 0. The Morgan fingerprint density at radius 3 is 2.47 bits per heavy atom. The Morgan fingerprint density at radius 2 is 1.79 bits per heavy atom. The number of benzene rings is 2. The summed E-state index contributed by atoms with van der Waals surface area (Å²) in [6.07, 6.45) is 2.70. The van der Waals surface area contributed by atoms with Crippen LogP contribution in [0.3, 0.4) is 0 Å². The fourth-order valence-corrected chi connectivity index (χ4v) is 1.85. The predicted molar refractivity (Wildman–Crippen MR) is 77.7 cm³/mol. The van der Waals surface area contributed by atoms with Crippen molar-refractivity contribution in [3.63, 3.8) is 0 Å². The van der Waals surface area contributed by atoms with Crippen molar-refractivity contribution in [2.45, 2.75) is 13.0 Å². The van der Waals surface area contributed by atoms with E-state index in [1.54, 1.807) is 7.11 Å². The molecule has 0 aromatic heterocycles. The molecule has 2 rings (SSSR count). The maximum absolute atomic E-state index is 5.86. The van der Waals surface area contributed by atoms with E-state index >= 15 is 0 Å². The lowest BCUT2D eigenvalue weighted by molar-refractivity contribution is 0.303. The molecule has 19 heavy (non-hydrogen) atoms. The fourth-order valence-electron chi connectivity index (χ4n) is 1.85. The van der Waals surface area contributed by atoms with Crippen LogP contribution in [-0.4, -0.2) is 7.11 Å².